The van der Waals surface area contributed by atoms with Crippen LogP contribution in [-0.2, 0) is 14.3 Å². The van der Waals surface area contributed by atoms with E-state index >= 15 is 0 Å². The summed E-state index contributed by atoms with van der Waals surface area (Å²) in [4.78, 5) is 40.3. The van der Waals surface area contributed by atoms with Crippen molar-refractivity contribution in [3.8, 4) is 0 Å². The summed E-state index contributed by atoms with van der Waals surface area (Å²) < 4.78 is 5.10. The molecule has 1 unspecified atom stereocenters. The Morgan fingerprint density at radius 3 is 2.49 bits per heavy atom. The highest BCUT2D eigenvalue weighted by Gasteiger charge is 2.33. The number of amides is 3. The zero-order valence-electron chi connectivity index (χ0n) is 19.0. The molecule has 1 aliphatic heterocycles. The van der Waals surface area contributed by atoms with E-state index in [2.05, 4.69) is 10.6 Å². The van der Waals surface area contributed by atoms with Crippen LogP contribution in [0.5, 0.6) is 0 Å². The lowest BCUT2D eigenvalue weighted by molar-refractivity contribution is -0.142. The molecule has 3 aromatic rings. The van der Waals surface area contributed by atoms with E-state index in [9.17, 15) is 14.4 Å². The van der Waals surface area contributed by atoms with Crippen LogP contribution in [-0.4, -0.2) is 37.1 Å². The highest BCUT2D eigenvalue weighted by molar-refractivity contribution is 6.30. The number of hydrogen-bond donors (Lipinski definition) is 2. The monoisotopic (exact) mass is 489 g/mol. The number of carbonyl (C=O) groups excluding carboxylic acids is 3. The highest BCUT2D eigenvalue weighted by Crippen LogP contribution is 2.35. The van der Waals surface area contributed by atoms with E-state index < -0.39 is 23.9 Å². The standard InChI is InChI=1S/C27H24ClN3O4/c1-2-35-25(32)17-31-24-14-7-6-13-21(24)22(18-9-4-3-5-10-18)16-23(26(31)33)30-27(34)29-20-12-8-11-19(28)15-20/h3-16,23H,2,17H2,1H3,(H2,29,30,34). The number of anilines is 2. The molecule has 0 fully saturated rings. The number of rotatable bonds is 6. The minimum Gasteiger partial charge on any atom is -0.465 e. The minimum atomic E-state index is -1.05. The summed E-state index contributed by atoms with van der Waals surface area (Å²) in [6.45, 7) is 1.61. The topological polar surface area (TPSA) is 87.7 Å². The fourth-order valence-corrected chi connectivity index (χ4v) is 4.09. The van der Waals surface area contributed by atoms with Crippen LogP contribution in [0.1, 0.15) is 18.1 Å². The van der Waals surface area contributed by atoms with Gasteiger partial charge in [0.25, 0.3) is 5.91 Å². The molecule has 0 saturated heterocycles. The van der Waals surface area contributed by atoms with Crippen LogP contribution >= 0.6 is 11.6 Å². The van der Waals surface area contributed by atoms with Gasteiger partial charge in [-0.05, 0) is 48.4 Å². The summed E-state index contributed by atoms with van der Waals surface area (Å²) in [5, 5.41) is 5.90. The third-order valence-electron chi connectivity index (χ3n) is 5.40. The fourth-order valence-electron chi connectivity index (χ4n) is 3.90. The molecule has 4 rings (SSSR count). The third kappa shape index (κ3) is 5.70. The number of nitrogens with one attached hydrogen (secondary N) is 2. The maximum Gasteiger partial charge on any atom is 0.326 e. The smallest absolute Gasteiger partial charge is 0.326 e. The molecule has 1 aliphatic rings. The molecule has 0 spiro atoms. The van der Waals surface area contributed by atoms with E-state index in [4.69, 9.17) is 16.3 Å². The molecule has 1 heterocycles. The quantitative estimate of drug-likeness (QED) is 0.483. The third-order valence-corrected chi connectivity index (χ3v) is 5.63. The summed E-state index contributed by atoms with van der Waals surface area (Å²) in [7, 11) is 0. The van der Waals surface area contributed by atoms with E-state index in [1.807, 2.05) is 42.5 Å². The Labute approximate surface area is 208 Å². The van der Waals surface area contributed by atoms with Gasteiger partial charge >= 0.3 is 12.0 Å². The fraction of sp³-hybridized carbons (Fsp3) is 0.148. The predicted molar refractivity (Wildman–Crippen MR) is 136 cm³/mol. The van der Waals surface area contributed by atoms with Crippen molar-refractivity contribution >= 4 is 46.5 Å². The van der Waals surface area contributed by atoms with Crippen LogP contribution in [0, 0.1) is 0 Å². The van der Waals surface area contributed by atoms with Gasteiger partial charge in [0.1, 0.15) is 12.6 Å². The van der Waals surface area contributed by atoms with Crippen molar-refractivity contribution in [2.75, 3.05) is 23.4 Å². The number of urea groups is 1. The molecule has 0 bridgehead atoms. The first-order chi connectivity index (χ1) is 17.0. The molecule has 1 atom stereocenters. The second-order valence-corrected chi connectivity index (χ2v) is 8.22. The summed E-state index contributed by atoms with van der Waals surface area (Å²) in [6, 6.07) is 21.9. The number of fused-ring (bicyclic) bond motifs is 1. The molecular weight excluding hydrogens is 466 g/mol. The SMILES string of the molecule is CCOC(=O)CN1C(=O)C(NC(=O)Nc2cccc(Cl)c2)C=C(c2ccccc2)c2ccccc21. The van der Waals surface area contributed by atoms with Gasteiger partial charge in [-0.15, -0.1) is 0 Å². The Morgan fingerprint density at radius 1 is 1.00 bits per heavy atom. The van der Waals surface area contributed by atoms with E-state index in [1.54, 1.807) is 49.4 Å². The average molecular weight is 490 g/mol. The molecule has 8 heteroatoms. The van der Waals surface area contributed by atoms with Crippen molar-refractivity contribution in [1.82, 2.24) is 5.32 Å². The van der Waals surface area contributed by atoms with Crippen molar-refractivity contribution in [3.05, 3.63) is 101 Å². The molecule has 0 aliphatic carbocycles. The zero-order valence-corrected chi connectivity index (χ0v) is 19.8. The Morgan fingerprint density at radius 2 is 1.74 bits per heavy atom. The lowest BCUT2D eigenvalue weighted by Crippen LogP contribution is -2.50. The number of ether oxygens (including phenoxy) is 1. The number of carbonyl (C=O) groups is 3. The first-order valence-electron chi connectivity index (χ1n) is 11.1. The van der Waals surface area contributed by atoms with Gasteiger partial charge < -0.3 is 15.4 Å². The Kier molecular flexibility index (Phi) is 7.48. The molecule has 2 N–H and O–H groups in total. The number of nitrogens with zero attached hydrogens (tertiary/aromatic N) is 1. The summed E-state index contributed by atoms with van der Waals surface area (Å²) in [6.07, 6.45) is 1.71. The van der Waals surface area contributed by atoms with Crippen molar-refractivity contribution in [2.24, 2.45) is 0 Å². The number of esters is 1. The van der Waals surface area contributed by atoms with Gasteiger partial charge in [-0.2, -0.15) is 0 Å². The van der Waals surface area contributed by atoms with Crippen LogP contribution in [0.15, 0.2) is 84.9 Å². The number of para-hydroxylation sites is 1. The van der Waals surface area contributed by atoms with Crippen LogP contribution < -0.4 is 15.5 Å². The summed E-state index contributed by atoms with van der Waals surface area (Å²) >= 11 is 6.01. The molecule has 35 heavy (non-hydrogen) atoms. The second kappa shape index (κ2) is 10.9. The number of hydrogen-bond acceptors (Lipinski definition) is 4. The normalized spacial score (nSPS) is 14.9. The van der Waals surface area contributed by atoms with Crippen molar-refractivity contribution in [2.45, 2.75) is 13.0 Å². The first-order valence-corrected chi connectivity index (χ1v) is 11.5. The average Bonchev–Trinajstić information content (AvgIpc) is 2.95. The van der Waals surface area contributed by atoms with Gasteiger partial charge in [0.2, 0.25) is 0 Å². The summed E-state index contributed by atoms with van der Waals surface area (Å²) in [5.41, 5.74) is 3.42. The van der Waals surface area contributed by atoms with Crippen LogP contribution in [0.25, 0.3) is 5.57 Å². The summed E-state index contributed by atoms with van der Waals surface area (Å²) in [5.74, 6) is -1.00. The molecule has 0 radical (unpaired) electrons. The molecule has 0 saturated carbocycles. The van der Waals surface area contributed by atoms with Gasteiger partial charge in [-0.25, -0.2) is 4.79 Å². The molecule has 0 aromatic heterocycles. The first kappa shape index (κ1) is 24.0. The maximum atomic E-state index is 13.7. The number of halogens is 1. The molecule has 178 valence electrons. The van der Waals surface area contributed by atoms with E-state index in [1.165, 1.54) is 4.90 Å². The Hall–Kier alpha value is -4.10. The molecule has 3 aromatic carbocycles. The van der Waals surface area contributed by atoms with Crippen molar-refractivity contribution in [3.63, 3.8) is 0 Å². The molecular formula is C27H24ClN3O4. The molecule has 7 nitrogen and oxygen atoms in total. The van der Waals surface area contributed by atoms with Gasteiger partial charge in [-0.3, -0.25) is 14.5 Å². The number of benzene rings is 3. The van der Waals surface area contributed by atoms with Crippen LogP contribution in [0.4, 0.5) is 16.2 Å². The van der Waals surface area contributed by atoms with Gasteiger partial charge in [-0.1, -0.05) is 66.2 Å². The Bertz CT molecular complexity index is 1280. The highest BCUT2D eigenvalue weighted by atomic mass is 35.5. The zero-order chi connectivity index (χ0) is 24.8. The maximum absolute atomic E-state index is 13.7. The predicted octanol–water partition coefficient (Wildman–Crippen LogP) is 4.87. The van der Waals surface area contributed by atoms with E-state index in [0.29, 0.717) is 16.4 Å². The van der Waals surface area contributed by atoms with Crippen molar-refractivity contribution in [1.29, 1.82) is 0 Å². The van der Waals surface area contributed by atoms with Crippen molar-refractivity contribution < 1.29 is 19.1 Å². The van der Waals surface area contributed by atoms with Gasteiger partial charge in [0.15, 0.2) is 0 Å². The lowest BCUT2D eigenvalue weighted by Gasteiger charge is -2.25. The second-order valence-electron chi connectivity index (χ2n) is 7.78. The minimum absolute atomic E-state index is 0.194. The molecule has 3 amide bonds. The Balaban J connectivity index is 1.73. The lowest BCUT2D eigenvalue weighted by atomic mass is 9.95. The van der Waals surface area contributed by atoms with Crippen LogP contribution in [0.3, 0.4) is 0 Å². The van der Waals surface area contributed by atoms with E-state index in [0.717, 1.165) is 16.7 Å². The van der Waals surface area contributed by atoms with E-state index in [-0.39, 0.29) is 13.2 Å². The largest absolute Gasteiger partial charge is 0.465 e. The van der Waals surface area contributed by atoms with Crippen LogP contribution in [0.2, 0.25) is 5.02 Å². The van der Waals surface area contributed by atoms with Gasteiger partial charge in [0, 0.05) is 16.3 Å². The van der Waals surface area contributed by atoms with Gasteiger partial charge in [0.05, 0.1) is 12.3 Å².